The van der Waals surface area contributed by atoms with Crippen LogP contribution in [0.4, 0.5) is 0 Å². The average Bonchev–Trinajstić information content (AvgIpc) is 3.10. The SMILES string of the molecule is O=C1N=C(N2CCCC2)S/C1=C\C=C\c1ccccc1. The molecule has 0 radical (unpaired) electrons. The van der Waals surface area contributed by atoms with E-state index in [1.807, 2.05) is 48.6 Å². The van der Waals surface area contributed by atoms with Crippen LogP contribution < -0.4 is 0 Å². The Labute approximate surface area is 123 Å². The van der Waals surface area contributed by atoms with Crippen molar-refractivity contribution in [3.8, 4) is 0 Å². The van der Waals surface area contributed by atoms with E-state index in [0.29, 0.717) is 4.91 Å². The molecule has 0 saturated carbocycles. The molecule has 0 unspecified atom stereocenters. The van der Waals surface area contributed by atoms with Crippen LogP contribution in [-0.2, 0) is 4.79 Å². The number of nitrogens with zero attached hydrogens (tertiary/aromatic N) is 2. The summed E-state index contributed by atoms with van der Waals surface area (Å²) in [6.07, 6.45) is 8.15. The number of hydrogen-bond donors (Lipinski definition) is 0. The maximum Gasteiger partial charge on any atom is 0.286 e. The molecule has 4 heteroatoms. The number of aliphatic imine (C=N–C) groups is 1. The molecule has 0 N–H and O–H groups in total. The van der Waals surface area contributed by atoms with Crippen LogP contribution in [0.15, 0.2) is 52.4 Å². The quantitative estimate of drug-likeness (QED) is 0.781. The fraction of sp³-hybridized carbons (Fsp3) is 0.250. The van der Waals surface area contributed by atoms with Gasteiger partial charge in [0, 0.05) is 13.1 Å². The molecule has 1 aromatic rings. The average molecular weight is 284 g/mol. The minimum Gasteiger partial charge on any atom is -0.351 e. The van der Waals surface area contributed by atoms with Gasteiger partial charge in [-0.15, -0.1) is 0 Å². The van der Waals surface area contributed by atoms with Crippen LogP contribution in [-0.4, -0.2) is 29.1 Å². The number of rotatable bonds is 2. The number of amidine groups is 1. The third kappa shape index (κ3) is 3.02. The van der Waals surface area contributed by atoms with E-state index in [1.54, 1.807) is 0 Å². The first-order valence-electron chi connectivity index (χ1n) is 6.82. The Hall–Kier alpha value is -1.81. The largest absolute Gasteiger partial charge is 0.351 e. The van der Waals surface area contributed by atoms with E-state index in [4.69, 9.17) is 0 Å². The highest BCUT2D eigenvalue weighted by Crippen LogP contribution is 2.30. The van der Waals surface area contributed by atoms with Gasteiger partial charge >= 0.3 is 0 Å². The van der Waals surface area contributed by atoms with Crippen molar-refractivity contribution < 1.29 is 4.79 Å². The van der Waals surface area contributed by atoms with Crippen molar-refractivity contribution in [3.05, 3.63) is 53.0 Å². The van der Waals surface area contributed by atoms with Crippen LogP contribution in [0.3, 0.4) is 0 Å². The predicted molar refractivity (Wildman–Crippen MR) is 84.4 cm³/mol. The lowest BCUT2D eigenvalue weighted by atomic mass is 10.2. The Kier molecular flexibility index (Phi) is 4.02. The van der Waals surface area contributed by atoms with E-state index < -0.39 is 0 Å². The first-order chi connectivity index (χ1) is 9.83. The van der Waals surface area contributed by atoms with Crippen LogP contribution in [0.25, 0.3) is 6.08 Å². The van der Waals surface area contributed by atoms with Crippen LogP contribution in [0, 0.1) is 0 Å². The molecule has 102 valence electrons. The van der Waals surface area contributed by atoms with Gasteiger partial charge in [0.2, 0.25) is 0 Å². The summed E-state index contributed by atoms with van der Waals surface area (Å²) in [7, 11) is 0. The summed E-state index contributed by atoms with van der Waals surface area (Å²) in [5.74, 6) is -0.116. The second kappa shape index (κ2) is 6.09. The van der Waals surface area contributed by atoms with Gasteiger partial charge in [-0.05, 0) is 36.2 Å². The molecule has 0 aliphatic carbocycles. The highest BCUT2D eigenvalue weighted by atomic mass is 32.2. The molecular weight excluding hydrogens is 268 g/mol. The Morgan fingerprint density at radius 3 is 2.65 bits per heavy atom. The number of likely N-dealkylation sites (tertiary alicyclic amines) is 1. The molecular formula is C16H16N2OS. The number of benzene rings is 1. The van der Waals surface area contributed by atoms with E-state index in [2.05, 4.69) is 9.89 Å². The van der Waals surface area contributed by atoms with Crippen LogP contribution in [0.1, 0.15) is 18.4 Å². The number of allylic oxidation sites excluding steroid dienone is 2. The van der Waals surface area contributed by atoms with Gasteiger partial charge in [-0.2, -0.15) is 4.99 Å². The maximum absolute atomic E-state index is 11.8. The molecule has 2 heterocycles. The van der Waals surface area contributed by atoms with Gasteiger partial charge in [0.1, 0.15) is 0 Å². The first kappa shape index (κ1) is 13.2. The van der Waals surface area contributed by atoms with Gasteiger partial charge < -0.3 is 4.90 Å². The lowest BCUT2D eigenvalue weighted by molar-refractivity contribution is -0.113. The number of thioether (sulfide) groups is 1. The standard InChI is InChI=1S/C16H16N2OS/c19-15-14(10-6-9-13-7-2-1-3-8-13)20-16(17-15)18-11-4-5-12-18/h1-3,6-10H,4-5,11-12H2/b9-6+,14-10-. The summed E-state index contributed by atoms with van der Waals surface area (Å²) >= 11 is 1.49. The molecule has 1 amide bonds. The molecule has 0 aromatic heterocycles. The molecule has 3 rings (SSSR count). The third-order valence-electron chi connectivity index (χ3n) is 3.32. The Morgan fingerprint density at radius 2 is 1.90 bits per heavy atom. The van der Waals surface area contributed by atoms with E-state index in [0.717, 1.165) is 23.8 Å². The van der Waals surface area contributed by atoms with Gasteiger partial charge in [0.25, 0.3) is 5.91 Å². The fourth-order valence-corrected chi connectivity index (χ4v) is 3.18. The molecule has 20 heavy (non-hydrogen) atoms. The normalized spacial score (nSPS) is 21.2. The van der Waals surface area contributed by atoms with E-state index in [-0.39, 0.29) is 5.91 Å². The number of carbonyl (C=O) groups excluding carboxylic acids is 1. The smallest absolute Gasteiger partial charge is 0.286 e. The summed E-state index contributed by atoms with van der Waals surface area (Å²) in [4.78, 5) is 18.9. The van der Waals surface area contributed by atoms with Crippen molar-refractivity contribution in [2.45, 2.75) is 12.8 Å². The van der Waals surface area contributed by atoms with Gasteiger partial charge in [0.05, 0.1) is 4.91 Å². The number of carbonyl (C=O) groups is 1. The third-order valence-corrected chi connectivity index (χ3v) is 4.38. The second-order valence-corrected chi connectivity index (χ2v) is 5.81. The Bertz CT molecular complexity index is 584. The molecule has 3 nitrogen and oxygen atoms in total. The van der Waals surface area contributed by atoms with E-state index in [1.165, 1.54) is 24.6 Å². The van der Waals surface area contributed by atoms with Crippen LogP contribution in [0.5, 0.6) is 0 Å². The molecule has 1 fully saturated rings. The second-order valence-electron chi connectivity index (χ2n) is 4.80. The lowest BCUT2D eigenvalue weighted by Gasteiger charge is -2.14. The van der Waals surface area contributed by atoms with Crippen LogP contribution >= 0.6 is 11.8 Å². The minimum absolute atomic E-state index is 0.116. The molecule has 1 aromatic carbocycles. The molecule has 0 bridgehead atoms. The van der Waals surface area contributed by atoms with Gasteiger partial charge in [0.15, 0.2) is 5.17 Å². The van der Waals surface area contributed by atoms with Crippen molar-refractivity contribution in [1.29, 1.82) is 0 Å². The van der Waals surface area contributed by atoms with Gasteiger partial charge in [-0.25, -0.2) is 0 Å². The minimum atomic E-state index is -0.116. The monoisotopic (exact) mass is 284 g/mol. The predicted octanol–water partition coefficient (Wildman–Crippen LogP) is 3.31. The van der Waals surface area contributed by atoms with Crippen molar-refractivity contribution in [1.82, 2.24) is 4.90 Å². The summed E-state index contributed by atoms with van der Waals surface area (Å²) in [6.45, 7) is 2.04. The molecule has 2 aliphatic rings. The van der Waals surface area contributed by atoms with Crippen molar-refractivity contribution in [2.24, 2.45) is 4.99 Å². The van der Waals surface area contributed by atoms with E-state index >= 15 is 0 Å². The first-order valence-corrected chi connectivity index (χ1v) is 7.64. The lowest BCUT2D eigenvalue weighted by Crippen LogP contribution is -2.23. The number of amides is 1. The zero-order valence-corrected chi connectivity index (χ0v) is 12.0. The van der Waals surface area contributed by atoms with Crippen molar-refractivity contribution >= 4 is 28.9 Å². The molecule has 0 spiro atoms. The molecule has 2 aliphatic heterocycles. The van der Waals surface area contributed by atoms with Gasteiger partial charge in [-0.3, -0.25) is 4.79 Å². The van der Waals surface area contributed by atoms with Crippen LogP contribution in [0.2, 0.25) is 0 Å². The summed E-state index contributed by atoms with van der Waals surface area (Å²) in [6, 6.07) is 10.0. The fourth-order valence-electron chi connectivity index (χ4n) is 2.27. The Balaban J connectivity index is 1.65. The summed E-state index contributed by atoms with van der Waals surface area (Å²) < 4.78 is 0. The van der Waals surface area contributed by atoms with E-state index in [9.17, 15) is 4.79 Å². The highest BCUT2D eigenvalue weighted by Gasteiger charge is 2.26. The van der Waals surface area contributed by atoms with Crippen molar-refractivity contribution in [3.63, 3.8) is 0 Å². The molecule has 0 atom stereocenters. The van der Waals surface area contributed by atoms with Crippen molar-refractivity contribution in [2.75, 3.05) is 13.1 Å². The topological polar surface area (TPSA) is 32.7 Å². The Morgan fingerprint density at radius 1 is 1.15 bits per heavy atom. The highest BCUT2D eigenvalue weighted by molar-refractivity contribution is 8.18. The zero-order valence-electron chi connectivity index (χ0n) is 11.2. The van der Waals surface area contributed by atoms with Gasteiger partial charge in [-0.1, -0.05) is 42.5 Å². The summed E-state index contributed by atoms with van der Waals surface area (Å²) in [5.41, 5.74) is 1.13. The zero-order chi connectivity index (χ0) is 13.8. The summed E-state index contributed by atoms with van der Waals surface area (Å²) in [5, 5.41) is 0.867. The maximum atomic E-state index is 11.8. The number of hydrogen-bond acceptors (Lipinski definition) is 3. The molecule has 1 saturated heterocycles.